The van der Waals surface area contributed by atoms with Gasteiger partial charge in [-0.25, -0.2) is 0 Å². The second-order valence-electron chi connectivity index (χ2n) is 6.63. The van der Waals surface area contributed by atoms with Crippen LogP contribution in [0.15, 0.2) is 30.3 Å². The minimum absolute atomic E-state index is 0. The maximum Gasteiger partial charge on any atom is 0.249 e. The van der Waals surface area contributed by atoms with E-state index in [1.807, 2.05) is 6.07 Å². The molecule has 3 rings (SSSR count). The number of benzene rings is 1. The lowest BCUT2D eigenvalue weighted by Crippen LogP contribution is -2.43. The molecule has 5 heteroatoms. The van der Waals surface area contributed by atoms with Crippen molar-refractivity contribution in [3.63, 3.8) is 0 Å². The van der Waals surface area contributed by atoms with E-state index < -0.39 is 0 Å². The van der Waals surface area contributed by atoms with E-state index in [-0.39, 0.29) is 35.9 Å². The van der Waals surface area contributed by atoms with Crippen molar-refractivity contribution in [1.82, 2.24) is 5.32 Å². The van der Waals surface area contributed by atoms with Gasteiger partial charge in [-0.05, 0) is 31.2 Å². The lowest BCUT2D eigenvalue weighted by atomic mass is 9.79. The molecule has 2 fully saturated rings. The van der Waals surface area contributed by atoms with E-state index in [9.17, 15) is 4.79 Å². The van der Waals surface area contributed by atoms with Crippen LogP contribution in [0.25, 0.3) is 0 Å². The van der Waals surface area contributed by atoms with E-state index in [0.717, 1.165) is 25.7 Å². The van der Waals surface area contributed by atoms with Gasteiger partial charge >= 0.3 is 0 Å². The fourth-order valence-electron chi connectivity index (χ4n) is 3.85. The zero-order valence-electron chi connectivity index (χ0n) is 13.5. The van der Waals surface area contributed by atoms with Crippen molar-refractivity contribution in [2.45, 2.75) is 56.1 Å². The Labute approximate surface area is 144 Å². The number of carbonyl (C=O) groups is 1. The second kappa shape index (κ2) is 8.13. The molecule has 1 saturated carbocycles. The molecule has 0 aromatic heterocycles. The van der Waals surface area contributed by atoms with Crippen molar-refractivity contribution in [2.24, 2.45) is 5.73 Å². The van der Waals surface area contributed by atoms with Crippen LogP contribution in [0.2, 0.25) is 0 Å². The first kappa shape index (κ1) is 18.2. The average Bonchev–Trinajstić information content (AvgIpc) is 3.23. The number of nitrogens with two attached hydrogens (primary N) is 1. The monoisotopic (exact) mass is 338 g/mol. The van der Waals surface area contributed by atoms with Gasteiger partial charge in [0.2, 0.25) is 5.91 Å². The van der Waals surface area contributed by atoms with Crippen molar-refractivity contribution in [1.29, 1.82) is 0 Å². The number of amides is 1. The van der Waals surface area contributed by atoms with Gasteiger partial charge in [0.25, 0.3) is 0 Å². The van der Waals surface area contributed by atoms with Gasteiger partial charge < -0.3 is 15.8 Å². The maximum absolute atomic E-state index is 12.4. The molecule has 1 aliphatic heterocycles. The first-order chi connectivity index (χ1) is 10.7. The molecule has 1 aromatic carbocycles. The molecular weight excluding hydrogens is 312 g/mol. The minimum Gasteiger partial charge on any atom is -0.364 e. The number of ether oxygens (including phenoxy) is 1. The van der Waals surface area contributed by atoms with Crippen molar-refractivity contribution in [3.05, 3.63) is 35.9 Å². The summed E-state index contributed by atoms with van der Waals surface area (Å²) in [6, 6.07) is 10.6. The Balaban J connectivity index is 0.00000192. The van der Waals surface area contributed by atoms with E-state index in [4.69, 9.17) is 10.5 Å². The summed E-state index contributed by atoms with van der Waals surface area (Å²) in [6.45, 7) is 1.21. The topological polar surface area (TPSA) is 64.4 Å². The lowest BCUT2D eigenvalue weighted by molar-refractivity contribution is -0.132. The summed E-state index contributed by atoms with van der Waals surface area (Å²) >= 11 is 0. The molecule has 3 N–H and O–H groups in total. The van der Waals surface area contributed by atoms with Crippen molar-refractivity contribution >= 4 is 18.3 Å². The molecule has 0 unspecified atom stereocenters. The standard InChI is InChI=1S/C18H26N2O2.ClH/c19-12-15-8-9-16(22-15)17(21)20-13-18(10-4-5-11-18)14-6-2-1-3-7-14;/h1-3,6-7,15-16H,4-5,8-13,19H2,(H,20,21);1H/t15-,16+;/m1./s1. The summed E-state index contributed by atoms with van der Waals surface area (Å²) < 4.78 is 5.69. The number of rotatable bonds is 5. The first-order valence-corrected chi connectivity index (χ1v) is 8.42. The van der Waals surface area contributed by atoms with E-state index in [1.165, 1.54) is 18.4 Å². The van der Waals surface area contributed by atoms with E-state index in [1.54, 1.807) is 0 Å². The van der Waals surface area contributed by atoms with Crippen LogP contribution in [0.1, 0.15) is 44.1 Å². The SMILES string of the molecule is Cl.NC[C@H]1CC[C@@H](C(=O)NCC2(c3ccccc3)CCCC2)O1. The molecule has 1 saturated heterocycles. The fourth-order valence-corrected chi connectivity index (χ4v) is 3.85. The molecule has 0 bridgehead atoms. The molecular formula is C18H27ClN2O2. The first-order valence-electron chi connectivity index (χ1n) is 8.42. The molecule has 1 aromatic rings. The van der Waals surface area contributed by atoms with Gasteiger partial charge in [0.05, 0.1) is 6.10 Å². The third-order valence-corrected chi connectivity index (χ3v) is 5.21. The highest BCUT2D eigenvalue weighted by atomic mass is 35.5. The number of nitrogens with one attached hydrogen (secondary N) is 1. The number of carbonyl (C=O) groups excluding carboxylic acids is 1. The third-order valence-electron chi connectivity index (χ3n) is 5.21. The summed E-state index contributed by atoms with van der Waals surface area (Å²) in [5.74, 6) is 0.0261. The molecule has 0 spiro atoms. The number of hydrogen-bond donors (Lipinski definition) is 2. The Bertz CT molecular complexity index is 503. The highest BCUT2D eigenvalue weighted by Crippen LogP contribution is 2.40. The van der Waals surface area contributed by atoms with Crippen LogP contribution in [0, 0.1) is 0 Å². The Hall–Kier alpha value is -1.10. The van der Waals surface area contributed by atoms with Crippen molar-refractivity contribution < 1.29 is 9.53 Å². The Morgan fingerprint density at radius 3 is 2.52 bits per heavy atom. The van der Waals surface area contributed by atoms with Gasteiger partial charge in [0, 0.05) is 18.5 Å². The highest BCUT2D eigenvalue weighted by molar-refractivity contribution is 5.85. The van der Waals surface area contributed by atoms with Crippen molar-refractivity contribution in [2.75, 3.05) is 13.1 Å². The van der Waals surface area contributed by atoms with Crippen LogP contribution < -0.4 is 11.1 Å². The van der Waals surface area contributed by atoms with Crippen molar-refractivity contribution in [3.8, 4) is 0 Å². The smallest absolute Gasteiger partial charge is 0.249 e. The average molecular weight is 339 g/mol. The molecule has 4 nitrogen and oxygen atoms in total. The fraction of sp³-hybridized carbons (Fsp3) is 0.611. The maximum atomic E-state index is 12.4. The largest absolute Gasteiger partial charge is 0.364 e. The summed E-state index contributed by atoms with van der Waals surface area (Å²) in [6.07, 6.45) is 6.17. The summed E-state index contributed by atoms with van der Waals surface area (Å²) in [4.78, 5) is 12.4. The Kier molecular flexibility index (Phi) is 6.45. The summed E-state index contributed by atoms with van der Waals surface area (Å²) in [5.41, 5.74) is 7.06. The van der Waals surface area contributed by atoms with E-state index in [0.29, 0.717) is 13.1 Å². The number of halogens is 1. The molecule has 1 aliphatic carbocycles. The van der Waals surface area contributed by atoms with Crippen LogP contribution in [0.3, 0.4) is 0 Å². The van der Waals surface area contributed by atoms with Gasteiger partial charge in [-0.1, -0.05) is 43.2 Å². The molecule has 0 radical (unpaired) electrons. The van der Waals surface area contributed by atoms with Crippen LogP contribution in [0.4, 0.5) is 0 Å². The normalized spacial score (nSPS) is 25.8. The van der Waals surface area contributed by atoms with Crippen LogP contribution in [-0.2, 0) is 14.9 Å². The van der Waals surface area contributed by atoms with Gasteiger partial charge in [-0.2, -0.15) is 0 Å². The minimum atomic E-state index is -0.317. The van der Waals surface area contributed by atoms with Gasteiger partial charge in [0.15, 0.2) is 0 Å². The predicted molar refractivity (Wildman–Crippen MR) is 93.8 cm³/mol. The molecule has 1 amide bonds. The number of hydrogen-bond acceptors (Lipinski definition) is 3. The highest BCUT2D eigenvalue weighted by Gasteiger charge is 2.37. The van der Waals surface area contributed by atoms with E-state index >= 15 is 0 Å². The lowest BCUT2D eigenvalue weighted by Gasteiger charge is -2.30. The zero-order chi connectivity index (χ0) is 15.4. The molecule has 1 heterocycles. The Morgan fingerprint density at radius 2 is 1.91 bits per heavy atom. The predicted octanol–water partition coefficient (Wildman–Crippen LogP) is 2.54. The van der Waals surface area contributed by atoms with Gasteiger partial charge in [-0.15, -0.1) is 12.4 Å². The molecule has 2 atom stereocenters. The van der Waals surface area contributed by atoms with E-state index in [2.05, 4.69) is 29.6 Å². The quantitative estimate of drug-likeness (QED) is 0.867. The third kappa shape index (κ3) is 4.06. The zero-order valence-corrected chi connectivity index (χ0v) is 14.3. The van der Waals surface area contributed by atoms with Gasteiger partial charge in [-0.3, -0.25) is 4.79 Å². The Morgan fingerprint density at radius 1 is 1.22 bits per heavy atom. The van der Waals surface area contributed by atoms with Crippen LogP contribution in [0.5, 0.6) is 0 Å². The second-order valence-corrected chi connectivity index (χ2v) is 6.63. The summed E-state index contributed by atoms with van der Waals surface area (Å²) in [7, 11) is 0. The van der Waals surface area contributed by atoms with Crippen LogP contribution >= 0.6 is 12.4 Å². The molecule has 2 aliphatic rings. The summed E-state index contributed by atoms with van der Waals surface area (Å²) in [5, 5.41) is 3.15. The van der Waals surface area contributed by atoms with Gasteiger partial charge in [0.1, 0.15) is 6.10 Å². The molecule has 128 valence electrons. The van der Waals surface area contributed by atoms with Crippen LogP contribution in [-0.4, -0.2) is 31.2 Å². The molecule has 23 heavy (non-hydrogen) atoms.